The molecule has 0 aromatic rings. The summed E-state index contributed by atoms with van der Waals surface area (Å²) in [4.78, 5) is 26.7. The Balaban J connectivity index is 2.14. The van der Waals surface area contributed by atoms with Crippen molar-refractivity contribution in [2.45, 2.75) is 57.9 Å². The van der Waals surface area contributed by atoms with E-state index in [9.17, 15) is 9.59 Å². The quantitative estimate of drug-likeness (QED) is 0.792. The van der Waals surface area contributed by atoms with Crippen molar-refractivity contribution >= 4 is 11.9 Å². The molecule has 1 saturated heterocycles. The summed E-state index contributed by atoms with van der Waals surface area (Å²) in [5.74, 6) is -0.180. The monoisotopic (exact) mass is 282 g/mol. The summed E-state index contributed by atoms with van der Waals surface area (Å²) in [6.07, 6.45) is 6.47. The predicted molar refractivity (Wildman–Crippen MR) is 75.9 cm³/mol. The lowest BCUT2D eigenvalue weighted by Crippen LogP contribution is -2.55. The Bertz CT molecular complexity index is 364. The van der Waals surface area contributed by atoms with Crippen molar-refractivity contribution in [3.63, 3.8) is 0 Å². The van der Waals surface area contributed by atoms with Crippen LogP contribution in [0.25, 0.3) is 0 Å². The van der Waals surface area contributed by atoms with Gasteiger partial charge in [0.25, 0.3) is 0 Å². The number of esters is 1. The van der Waals surface area contributed by atoms with Crippen LogP contribution in [0.5, 0.6) is 0 Å². The molecule has 20 heavy (non-hydrogen) atoms. The van der Waals surface area contributed by atoms with Gasteiger partial charge in [0, 0.05) is 13.1 Å². The first-order valence-electron chi connectivity index (χ1n) is 7.82. The molecule has 1 heterocycles. The van der Waals surface area contributed by atoms with Crippen LogP contribution in [0.2, 0.25) is 0 Å². The molecule has 1 aliphatic heterocycles. The van der Waals surface area contributed by atoms with Gasteiger partial charge in [0.05, 0.1) is 12.0 Å². The summed E-state index contributed by atoms with van der Waals surface area (Å²) in [5, 5.41) is 0. The smallest absolute Gasteiger partial charge is 0.328 e. The van der Waals surface area contributed by atoms with Gasteiger partial charge in [-0.1, -0.05) is 12.8 Å². The largest absolute Gasteiger partial charge is 0.464 e. The zero-order chi connectivity index (χ0) is 14.6. The van der Waals surface area contributed by atoms with Crippen molar-refractivity contribution in [3.05, 3.63) is 0 Å². The van der Waals surface area contributed by atoms with E-state index >= 15 is 0 Å². The molecular weight excluding hydrogens is 256 g/mol. The van der Waals surface area contributed by atoms with Gasteiger partial charge in [-0.25, -0.2) is 4.79 Å². The first-order valence-corrected chi connectivity index (χ1v) is 7.82. The third kappa shape index (κ3) is 2.82. The number of ether oxygens (including phenoxy) is 1. The van der Waals surface area contributed by atoms with Crippen LogP contribution in [0.1, 0.15) is 51.9 Å². The number of rotatable bonds is 4. The highest BCUT2D eigenvalue weighted by Gasteiger charge is 2.45. The molecule has 5 nitrogen and oxygen atoms in total. The number of nitrogens with zero attached hydrogens (tertiary/aromatic N) is 1. The fourth-order valence-corrected chi connectivity index (χ4v) is 3.52. The number of carbonyl (C=O) groups excluding carboxylic acids is 2. The summed E-state index contributed by atoms with van der Waals surface area (Å²) >= 11 is 0. The second-order valence-electron chi connectivity index (χ2n) is 5.95. The minimum Gasteiger partial charge on any atom is -0.464 e. The zero-order valence-electron chi connectivity index (χ0n) is 12.4. The van der Waals surface area contributed by atoms with Crippen LogP contribution < -0.4 is 5.73 Å². The molecule has 0 radical (unpaired) electrons. The molecule has 0 bridgehead atoms. The average Bonchev–Trinajstić information content (AvgIpc) is 2.97. The minimum absolute atomic E-state index is 0.0789. The molecule has 2 rings (SSSR count). The van der Waals surface area contributed by atoms with Gasteiger partial charge in [-0.2, -0.15) is 0 Å². The Hall–Kier alpha value is -1.10. The molecule has 2 fully saturated rings. The molecule has 1 atom stereocenters. The van der Waals surface area contributed by atoms with E-state index in [0.717, 1.165) is 38.5 Å². The maximum Gasteiger partial charge on any atom is 0.328 e. The van der Waals surface area contributed by atoms with E-state index in [1.165, 1.54) is 0 Å². The summed E-state index contributed by atoms with van der Waals surface area (Å²) in [6.45, 7) is 3.20. The standard InChI is InChI=1S/C15H26N2O3/c1-2-20-13(18)12-7-3-6-10-17(12)14(19)15(11-16)8-4-5-9-15/h12H,2-11,16H2,1H3. The second-order valence-corrected chi connectivity index (χ2v) is 5.95. The van der Waals surface area contributed by atoms with E-state index < -0.39 is 11.5 Å². The van der Waals surface area contributed by atoms with Crippen LogP contribution in [0, 0.1) is 5.41 Å². The average molecular weight is 282 g/mol. The SMILES string of the molecule is CCOC(=O)C1CCCCN1C(=O)C1(CN)CCCC1. The Morgan fingerprint density at radius 3 is 2.55 bits per heavy atom. The summed E-state index contributed by atoms with van der Waals surface area (Å²) in [6, 6.07) is -0.403. The molecule has 0 aromatic carbocycles. The zero-order valence-corrected chi connectivity index (χ0v) is 12.4. The van der Waals surface area contributed by atoms with Gasteiger partial charge in [-0.05, 0) is 39.0 Å². The van der Waals surface area contributed by atoms with Crippen LogP contribution in [-0.4, -0.2) is 42.5 Å². The molecule has 2 N–H and O–H groups in total. The summed E-state index contributed by atoms with van der Waals surface area (Å²) in [5.41, 5.74) is 5.46. The van der Waals surface area contributed by atoms with Crippen molar-refractivity contribution < 1.29 is 14.3 Å². The van der Waals surface area contributed by atoms with Crippen molar-refractivity contribution in [2.75, 3.05) is 19.7 Å². The third-order valence-electron chi connectivity index (χ3n) is 4.73. The van der Waals surface area contributed by atoms with Crippen molar-refractivity contribution in [2.24, 2.45) is 11.1 Å². The minimum atomic E-state index is -0.428. The number of hydrogen-bond acceptors (Lipinski definition) is 4. The molecule has 0 spiro atoms. The normalized spacial score (nSPS) is 25.5. The predicted octanol–water partition coefficient (Wildman–Crippen LogP) is 1.45. The lowest BCUT2D eigenvalue weighted by Gasteiger charge is -2.39. The van der Waals surface area contributed by atoms with Crippen molar-refractivity contribution in [3.8, 4) is 0 Å². The maximum atomic E-state index is 12.9. The number of nitrogens with two attached hydrogens (primary N) is 1. The number of likely N-dealkylation sites (tertiary alicyclic amines) is 1. The highest BCUT2D eigenvalue weighted by Crippen LogP contribution is 2.40. The second kappa shape index (κ2) is 6.57. The number of amides is 1. The Morgan fingerprint density at radius 2 is 1.95 bits per heavy atom. The molecule has 1 aliphatic carbocycles. The molecule has 5 heteroatoms. The van der Waals surface area contributed by atoms with Gasteiger partial charge in [0.2, 0.25) is 5.91 Å². The molecular formula is C15H26N2O3. The van der Waals surface area contributed by atoms with Gasteiger partial charge in [-0.3, -0.25) is 4.79 Å². The third-order valence-corrected chi connectivity index (χ3v) is 4.73. The molecule has 0 aromatic heterocycles. The molecule has 1 amide bonds. The van der Waals surface area contributed by atoms with Crippen molar-refractivity contribution in [1.29, 1.82) is 0 Å². The van der Waals surface area contributed by atoms with E-state index in [4.69, 9.17) is 10.5 Å². The highest BCUT2D eigenvalue weighted by molar-refractivity contribution is 5.88. The van der Waals surface area contributed by atoms with Crippen LogP contribution in [-0.2, 0) is 14.3 Å². The van der Waals surface area contributed by atoms with Crippen LogP contribution in [0.15, 0.2) is 0 Å². The van der Waals surface area contributed by atoms with Crippen LogP contribution in [0.4, 0.5) is 0 Å². The van der Waals surface area contributed by atoms with E-state index in [0.29, 0.717) is 26.1 Å². The van der Waals surface area contributed by atoms with E-state index in [1.807, 2.05) is 0 Å². The summed E-state index contributed by atoms with van der Waals surface area (Å²) < 4.78 is 5.13. The Morgan fingerprint density at radius 1 is 1.25 bits per heavy atom. The van der Waals surface area contributed by atoms with Gasteiger partial charge < -0.3 is 15.4 Å². The van der Waals surface area contributed by atoms with E-state index in [1.54, 1.807) is 11.8 Å². The van der Waals surface area contributed by atoms with Crippen LogP contribution in [0.3, 0.4) is 0 Å². The fraction of sp³-hybridized carbons (Fsp3) is 0.867. The lowest BCUT2D eigenvalue weighted by molar-refractivity contribution is -0.160. The van der Waals surface area contributed by atoms with E-state index in [-0.39, 0.29) is 11.9 Å². The number of carbonyl (C=O) groups is 2. The fourth-order valence-electron chi connectivity index (χ4n) is 3.52. The summed E-state index contributed by atoms with van der Waals surface area (Å²) in [7, 11) is 0. The number of hydrogen-bond donors (Lipinski definition) is 1. The lowest BCUT2D eigenvalue weighted by atomic mass is 9.83. The van der Waals surface area contributed by atoms with Crippen molar-refractivity contribution in [1.82, 2.24) is 4.90 Å². The number of piperidine rings is 1. The van der Waals surface area contributed by atoms with Gasteiger partial charge in [0.1, 0.15) is 6.04 Å². The first kappa shape index (κ1) is 15.3. The Kier molecular flexibility index (Phi) is 5.02. The molecule has 1 saturated carbocycles. The van der Waals surface area contributed by atoms with Gasteiger partial charge in [0.15, 0.2) is 0 Å². The maximum absolute atomic E-state index is 12.9. The van der Waals surface area contributed by atoms with Gasteiger partial charge >= 0.3 is 5.97 Å². The molecule has 114 valence electrons. The molecule has 2 aliphatic rings. The molecule has 1 unspecified atom stereocenters. The van der Waals surface area contributed by atoms with E-state index in [2.05, 4.69) is 0 Å². The topological polar surface area (TPSA) is 72.6 Å². The van der Waals surface area contributed by atoms with Gasteiger partial charge in [-0.15, -0.1) is 0 Å². The van der Waals surface area contributed by atoms with Crippen LogP contribution >= 0.6 is 0 Å². The first-order chi connectivity index (χ1) is 9.64. The highest BCUT2D eigenvalue weighted by atomic mass is 16.5. The Labute approximate surface area is 120 Å².